The summed E-state index contributed by atoms with van der Waals surface area (Å²) in [6, 6.07) is 2.30. The molecule has 1 fully saturated rings. The standard InChI is InChI=1S/C13H19N5OS/c1-3-20-10-5-4-9(6-10)15-11-7-12-16-17-13(19)18(12)8(2)14-11/h7,9-10,15H,3-6H2,1-2H3,(H,17,19). The fourth-order valence-electron chi connectivity index (χ4n) is 2.84. The van der Waals surface area contributed by atoms with Gasteiger partial charge in [-0.05, 0) is 31.9 Å². The summed E-state index contributed by atoms with van der Waals surface area (Å²) in [5.74, 6) is 2.64. The number of fused-ring (bicyclic) bond motifs is 1. The molecule has 2 N–H and O–H groups in total. The number of hydrogen-bond acceptors (Lipinski definition) is 5. The fraction of sp³-hybridized carbons (Fsp3) is 0.615. The SMILES string of the molecule is CCSC1CCC(Nc2cc3n[nH]c(=O)n3c(C)n2)C1. The average Bonchev–Trinajstić information content (AvgIpc) is 2.98. The molecule has 1 aliphatic rings. The first-order valence-corrected chi connectivity index (χ1v) is 8.05. The summed E-state index contributed by atoms with van der Waals surface area (Å²) in [6.45, 7) is 4.03. The van der Waals surface area contributed by atoms with E-state index in [4.69, 9.17) is 0 Å². The molecule has 7 heteroatoms. The van der Waals surface area contributed by atoms with E-state index in [1.54, 1.807) is 0 Å². The second-order valence-electron chi connectivity index (χ2n) is 5.14. The molecule has 2 aromatic rings. The summed E-state index contributed by atoms with van der Waals surface area (Å²) >= 11 is 2.04. The smallest absolute Gasteiger partial charge is 0.349 e. The maximum Gasteiger partial charge on any atom is 0.349 e. The first-order valence-electron chi connectivity index (χ1n) is 7.00. The van der Waals surface area contributed by atoms with Crippen LogP contribution in [0, 0.1) is 6.92 Å². The van der Waals surface area contributed by atoms with Crippen molar-refractivity contribution in [2.24, 2.45) is 0 Å². The van der Waals surface area contributed by atoms with Crippen LogP contribution >= 0.6 is 11.8 Å². The third-order valence-electron chi connectivity index (χ3n) is 3.71. The highest BCUT2D eigenvalue weighted by molar-refractivity contribution is 7.99. The largest absolute Gasteiger partial charge is 0.367 e. The minimum Gasteiger partial charge on any atom is -0.367 e. The highest BCUT2D eigenvalue weighted by Crippen LogP contribution is 2.31. The van der Waals surface area contributed by atoms with Crippen molar-refractivity contribution in [2.45, 2.75) is 44.4 Å². The van der Waals surface area contributed by atoms with Gasteiger partial charge in [0.25, 0.3) is 0 Å². The minimum absolute atomic E-state index is 0.239. The Morgan fingerprint density at radius 2 is 2.40 bits per heavy atom. The third kappa shape index (κ3) is 2.54. The number of aromatic nitrogens is 4. The maximum atomic E-state index is 11.6. The first-order chi connectivity index (χ1) is 9.67. The number of H-pyrrole nitrogens is 1. The Bertz CT molecular complexity index is 664. The molecule has 0 saturated heterocycles. The molecule has 2 aromatic heterocycles. The molecule has 2 atom stereocenters. The molecule has 0 aromatic carbocycles. The first kappa shape index (κ1) is 13.5. The van der Waals surface area contributed by atoms with E-state index < -0.39 is 0 Å². The lowest BCUT2D eigenvalue weighted by Crippen LogP contribution is -2.19. The quantitative estimate of drug-likeness (QED) is 0.899. The fourth-order valence-corrected chi connectivity index (χ4v) is 3.98. The van der Waals surface area contributed by atoms with Crippen molar-refractivity contribution in [3.8, 4) is 0 Å². The van der Waals surface area contributed by atoms with Gasteiger partial charge in [-0.2, -0.15) is 16.9 Å². The number of nitrogens with one attached hydrogen (secondary N) is 2. The van der Waals surface area contributed by atoms with Gasteiger partial charge in [0.1, 0.15) is 11.6 Å². The lowest BCUT2D eigenvalue weighted by Gasteiger charge is -2.14. The van der Waals surface area contributed by atoms with E-state index in [0.29, 0.717) is 17.5 Å². The molecule has 0 aliphatic heterocycles. The Morgan fingerprint density at radius 3 is 3.20 bits per heavy atom. The van der Waals surface area contributed by atoms with Crippen LogP contribution in [0.4, 0.5) is 5.82 Å². The van der Waals surface area contributed by atoms with E-state index in [0.717, 1.165) is 11.1 Å². The van der Waals surface area contributed by atoms with Crippen LogP contribution in [0.15, 0.2) is 10.9 Å². The van der Waals surface area contributed by atoms with E-state index in [2.05, 4.69) is 27.4 Å². The number of rotatable bonds is 4. The lowest BCUT2D eigenvalue weighted by atomic mass is 10.2. The molecule has 0 bridgehead atoms. The van der Waals surface area contributed by atoms with Crippen LogP contribution in [0.2, 0.25) is 0 Å². The Kier molecular flexibility index (Phi) is 3.69. The van der Waals surface area contributed by atoms with Crippen molar-refractivity contribution >= 4 is 23.2 Å². The molecule has 0 spiro atoms. The predicted octanol–water partition coefficient (Wildman–Crippen LogP) is 1.81. The van der Waals surface area contributed by atoms with E-state index in [9.17, 15) is 4.79 Å². The zero-order valence-corrected chi connectivity index (χ0v) is 12.5. The molecule has 2 unspecified atom stereocenters. The zero-order valence-electron chi connectivity index (χ0n) is 11.7. The highest BCUT2D eigenvalue weighted by Gasteiger charge is 2.24. The summed E-state index contributed by atoms with van der Waals surface area (Å²) in [7, 11) is 0. The molecule has 2 heterocycles. The lowest BCUT2D eigenvalue weighted by molar-refractivity contribution is 0.749. The Hall–Kier alpha value is -1.50. The molecular formula is C13H19N5OS. The van der Waals surface area contributed by atoms with Crippen molar-refractivity contribution in [3.63, 3.8) is 0 Å². The Morgan fingerprint density at radius 1 is 1.55 bits per heavy atom. The summed E-state index contributed by atoms with van der Waals surface area (Å²) < 4.78 is 1.48. The van der Waals surface area contributed by atoms with E-state index >= 15 is 0 Å². The number of thioether (sulfide) groups is 1. The van der Waals surface area contributed by atoms with Gasteiger partial charge in [0, 0.05) is 17.4 Å². The van der Waals surface area contributed by atoms with Crippen LogP contribution in [0.3, 0.4) is 0 Å². The van der Waals surface area contributed by atoms with Gasteiger partial charge in [-0.1, -0.05) is 6.92 Å². The van der Waals surface area contributed by atoms with Gasteiger partial charge in [0.05, 0.1) is 0 Å². The number of aromatic amines is 1. The topological polar surface area (TPSA) is 75.1 Å². The molecule has 1 saturated carbocycles. The van der Waals surface area contributed by atoms with Crippen molar-refractivity contribution in [1.29, 1.82) is 0 Å². The Balaban J connectivity index is 1.77. The van der Waals surface area contributed by atoms with Crippen LogP contribution in [-0.2, 0) is 0 Å². The van der Waals surface area contributed by atoms with E-state index in [1.165, 1.54) is 29.4 Å². The van der Waals surface area contributed by atoms with E-state index in [1.807, 2.05) is 24.8 Å². The van der Waals surface area contributed by atoms with Crippen molar-refractivity contribution in [2.75, 3.05) is 11.1 Å². The predicted molar refractivity (Wildman–Crippen MR) is 81.5 cm³/mol. The van der Waals surface area contributed by atoms with Gasteiger partial charge in [-0.15, -0.1) is 0 Å². The molecule has 1 aliphatic carbocycles. The van der Waals surface area contributed by atoms with Gasteiger partial charge in [-0.25, -0.2) is 19.3 Å². The maximum absolute atomic E-state index is 11.6. The van der Waals surface area contributed by atoms with Gasteiger partial charge < -0.3 is 5.32 Å². The summed E-state index contributed by atoms with van der Waals surface area (Å²) in [5.41, 5.74) is 0.374. The number of nitrogens with zero attached hydrogens (tertiary/aromatic N) is 3. The monoisotopic (exact) mass is 293 g/mol. The molecule has 0 amide bonds. The van der Waals surface area contributed by atoms with Crippen LogP contribution < -0.4 is 11.0 Å². The molecule has 0 radical (unpaired) electrons. The summed E-state index contributed by atoms with van der Waals surface area (Å²) in [4.78, 5) is 16.0. The van der Waals surface area contributed by atoms with Gasteiger partial charge in [0.2, 0.25) is 0 Å². The van der Waals surface area contributed by atoms with Gasteiger partial charge >= 0.3 is 5.69 Å². The molecule has 108 valence electrons. The van der Waals surface area contributed by atoms with Crippen molar-refractivity contribution < 1.29 is 0 Å². The third-order valence-corrected chi connectivity index (χ3v) is 4.94. The highest BCUT2D eigenvalue weighted by atomic mass is 32.2. The number of aryl methyl sites for hydroxylation is 1. The second-order valence-corrected chi connectivity index (χ2v) is 6.72. The van der Waals surface area contributed by atoms with Gasteiger partial charge in [0.15, 0.2) is 5.65 Å². The molecular weight excluding hydrogens is 274 g/mol. The minimum atomic E-state index is -0.239. The van der Waals surface area contributed by atoms with Gasteiger partial charge in [-0.3, -0.25) is 0 Å². The Labute approximate surface area is 121 Å². The molecule has 6 nitrogen and oxygen atoms in total. The number of hydrogen-bond donors (Lipinski definition) is 2. The van der Waals surface area contributed by atoms with Crippen LogP contribution in [0.5, 0.6) is 0 Å². The molecule has 20 heavy (non-hydrogen) atoms. The van der Waals surface area contributed by atoms with E-state index in [-0.39, 0.29) is 5.69 Å². The normalized spacial score (nSPS) is 22.5. The second kappa shape index (κ2) is 5.47. The number of anilines is 1. The van der Waals surface area contributed by atoms with Crippen molar-refractivity contribution in [1.82, 2.24) is 19.6 Å². The van der Waals surface area contributed by atoms with Crippen molar-refractivity contribution in [3.05, 3.63) is 22.4 Å². The molecule has 3 rings (SSSR count). The summed E-state index contributed by atoms with van der Waals surface area (Å²) in [5, 5.41) is 10.7. The van der Waals surface area contributed by atoms with Crippen LogP contribution in [-0.4, -0.2) is 36.6 Å². The average molecular weight is 293 g/mol. The van der Waals surface area contributed by atoms with Crippen LogP contribution in [0.25, 0.3) is 5.65 Å². The zero-order chi connectivity index (χ0) is 14.1. The summed E-state index contributed by atoms with van der Waals surface area (Å²) in [6.07, 6.45) is 3.62. The van der Waals surface area contributed by atoms with Crippen LogP contribution in [0.1, 0.15) is 32.0 Å².